The van der Waals surface area contributed by atoms with Crippen molar-refractivity contribution in [2.24, 2.45) is 5.92 Å². The van der Waals surface area contributed by atoms with Gasteiger partial charge in [0.25, 0.3) is 0 Å². The number of hydrogen-bond donors (Lipinski definition) is 0. The summed E-state index contributed by atoms with van der Waals surface area (Å²) >= 11 is 0. The van der Waals surface area contributed by atoms with Crippen LogP contribution in [0.15, 0.2) is 30.3 Å². The Balaban J connectivity index is 1.58. The van der Waals surface area contributed by atoms with Gasteiger partial charge >= 0.3 is 0 Å². The molecular weight excluding hydrogens is 314 g/mol. The van der Waals surface area contributed by atoms with Gasteiger partial charge in [-0.1, -0.05) is 30.3 Å². The van der Waals surface area contributed by atoms with Crippen molar-refractivity contribution in [1.82, 2.24) is 14.7 Å². The Morgan fingerprint density at radius 2 is 1.84 bits per heavy atom. The highest BCUT2D eigenvalue weighted by atomic mass is 16.2. The lowest BCUT2D eigenvalue weighted by atomic mass is 10.1. The summed E-state index contributed by atoms with van der Waals surface area (Å²) in [5.74, 6) is -0.445. The van der Waals surface area contributed by atoms with Crippen molar-refractivity contribution in [3.8, 4) is 0 Å². The molecule has 2 fully saturated rings. The summed E-state index contributed by atoms with van der Waals surface area (Å²) in [7, 11) is 0. The minimum Gasteiger partial charge on any atom is -0.341 e. The van der Waals surface area contributed by atoms with Crippen LogP contribution in [0.4, 0.5) is 0 Å². The Bertz CT molecular complexity index is 602. The molecule has 0 aromatic heterocycles. The Labute approximate surface area is 150 Å². The Hall–Kier alpha value is -1.88. The van der Waals surface area contributed by atoms with E-state index in [1.807, 2.05) is 40.1 Å². The van der Waals surface area contributed by atoms with Crippen molar-refractivity contribution >= 4 is 11.8 Å². The fourth-order valence-corrected chi connectivity index (χ4v) is 3.82. The molecule has 2 amide bonds. The lowest BCUT2D eigenvalue weighted by Crippen LogP contribution is -2.42. The fourth-order valence-electron chi connectivity index (χ4n) is 3.82. The maximum absolute atomic E-state index is 12.9. The third-order valence-electron chi connectivity index (χ3n) is 5.38. The summed E-state index contributed by atoms with van der Waals surface area (Å²) in [6.07, 6.45) is 1.63. The summed E-state index contributed by atoms with van der Waals surface area (Å²) in [6, 6.07) is 10.5. The molecule has 0 N–H and O–H groups in total. The van der Waals surface area contributed by atoms with Gasteiger partial charge in [-0.3, -0.25) is 14.5 Å². The van der Waals surface area contributed by atoms with Crippen LogP contribution >= 0.6 is 0 Å². The van der Waals surface area contributed by atoms with Crippen molar-refractivity contribution < 1.29 is 9.59 Å². The molecule has 0 spiro atoms. The summed E-state index contributed by atoms with van der Waals surface area (Å²) in [6.45, 7) is 9.10. The second-order valence-corrected chi connectivity index (χ2v) is 7.40. The van der Waals surface area contributed by atoms with E-state index in [1.165, 1.54) is 0 Å². The van der Waals surface area contributed by atoms with E-state index in [-0.39, 0.29) is 11.8 Å². The van der Waals surface area contributed by atoms with E-state index >= 15 is 0 Å². The van der Waals surface area contributed by atoms with Gasteiger partial charge in [0.2, 0.25) is 11.8 Å². The van der Waals surface area contributed by atoms with Crippen molar-refractivity contribution in [2.75, 3.05) is 32.7 Å². The third-order valence-corrected chi connectivity index (χ3v) is 5.38. The van der Waals surface area contributed by atoms with E-state index in [2.05, 4.69) is 18.7 Å². The Morgan fingerprint density at radius 1 is 1.08 bits per heavy atom. The summed E-state index contributed by atoms with van der Waals surface area (Å²) in [5.41, 5.74) is 1.12. The largest absolute Gasteiger partial charge is 0.341 e. The Morgan fingerprint density at radius 3 is 2.56 bits per heavy atom. The summed E-state index contributed by atoms with van der Waals surface area (Å²) < 4.78 is 0. The number of carbonyl (C=O) groups is 2. The number of nitrogens with zero attached hydrogens (tertiary/aromatic N) is 3. The van der Waals surface area contributed by atoms with E-state index in [1.54, 1.807) is 0 Å². The molecule has 3 rings (SSSR count). The first kappa shape index (κ1) is 17.9. The topological polar surface area (TPSA) is 43.9 Å². The number of carbonyl (C=O) groups excluding carboxylic acids is 2. The summed E-state index contributed by atoms with van der Waals surface area (Å²) in [4.78, 5) is 31.8. The second kappa shape index (κ2) is 8.00. The van der Waals surface area contributed by atoms with Crippen LogP contribution in [0.1, 0.15) is 32.3 Å². The monoisotopic (exact) mass is 343 g/mol. The molecule has 0 saturated carbocycles. The molecule has 2 saturated heterocycles. The SMILES string of the molecule is CC(C)N1CCCN(C(=O)C2CCN(Cc3ccccc3)C2=O)CC1. The highest BCUT2D eigenvalue weighted by molar-refractivity contribution is 6.01. The zero-order chi connectivity index (χ0) is 17.8. The molecular formula is C20H29N3O2. The molecule has 5 heteroatoms. The Kier molecular flexibility index (Phi) is 5.74. The van der Waals surface area contributed by atoms with Gasteiger partial charge in [-0.05, 0) is 32.3 Å². The van der Waals surface area contributed by atoms with Crippen molar-refractivity contribution in [3.63, 3.8) is 0 Å². The average molecular weight is 343 g/mol. The molecule has 2 aliphatic rings. The number of benzene rings is 1. The first-order chi connectivity index (χ1) is 12.1. The fraction of sp³-hybridized carbons (Fsp3) is 0.600. The van der Waals surface area contributed by atoms with Crippen LogP contribution in [-0.4, -0.2) is 65.3 Å². The van der Waals surface area contributed by atoms with Crippen LogP contribution in [-0.2, 0) is 16.1 Å². The van der Waals surface area contributed by atoms with Gasteiger partial charge < -0.3 is 9.80 Å². The second-order valence-electron chi connectivity index (χ2n) is 7.40. The minimum atomic E-state index is -0.477. The van der Waals surface area contributed by atoms with E-state index in [4.69, 9.17) is 0 Å². The van der Waals surface area contributed by atoms with Crippen LogP contribution in [0.2, 0.25) is 0 Å². The predicted molar refractivity (Wildman–Crippen MR) is 97.9 cm³/mol. The molecule has 0 bridgehead atoms. The van der Waals surface area contributed by atoms with Gasteiger partial charge in [-0.15, -0.1) is 0 Å². The van der Waals surface area contributed by atoms with Gasteiger partial charge in [0.15, 0.2) is 0 Å². The first-order valence-electron chi connectivity index (χ1n) is 9.42. The third kappa shape index (κ3) is 4.21. The van der Waals surface area contributed by atoms with Crippen molar-refractivity contribution in [3.05, 3.63) is 35.9 Å². The van der Waals surface area contributed by atoms with Gasteiger partial charge in [0.05, 0.1) is 0 Å². The van der Waals surface area contributed by atoms with E-state index in [9.17, 15) is 9.59 Å². The molecule has 5 nitrogen and oxygen atoms in total. The highest BCUT2D eigenvalue weighted by Gasteiger charge is 2.39. The lowest BCUT2D eigenvalue weighted by Gasteiger charge is -2.26. The minimum absolute atomic E-state index is 0.00110. The first-order valence-corrected chi connectivity index (χ1v) is 9.42. The zero-order valence-corrected chi connectivity index (χ0v) is 15.4. The molecule has 25 heavy (non-hydrogen) atoms. The van der Waals surface area contributed by atoms with Gasteiger partial charge in [0, 0.05) is 45.3 Å². The smallest absolute Gasteiger partial charge is 0.235 e. The zero-order valence-electron chi connectivity index (χ0n) is 15.4. The molecule has 2 heterocycles. The van der Waals surface area contributed by atoms with E-state index in [0.717, 1.165) is 38.2 Å². The van der Waals surface area contributed by atoms with Crippen molar-refractivity contribution in [1.29, 1.82) is 0 Å². The molecule has 1 aromatic carbocycles. The van der Waals surface area contributed by atoms with Gasteiger partial charge in [-0.25, -0.2) is 0 Å². The maximum atomic E-state index is 12.9. The van der Waals surface area contributed by atoms with Crippen LogP contribution in [0.25, 0.3) is 0 Å². The average Bonchev–Trinajstić information content (AvgIpc) is 2.83. The molecule has 0 aliphatic carbocycles. The number of hydrogen-bond acceptors (Lipinski definition) is 3. The lowest BCUT2D eigenvalue weighted by molar-refractivity contribution is -0.143. The van der Waals surface area contributed by atoms with Gasteiger partial charge in [-0.2, -0.15) is 0 Å². The standard InChI is InChI=1S/C20H29N3O2/c1-16(2)21-10-6-11-22(14-13-21)19(24)18-9-12-23(20(18)25)15-17-7-4-3-5-8-17/h3-5,7-8,16,18H,6,9-15H2,1-2H3. The molecule has 0 radical (unpaired) electrons. The van der Waals surface area contributed by atoms with E-state index < -0.39 is 5.92 Å². The predicted octanol–water partition coefficient (Wildman–Crippen LogP) is 1.98. The van der Waals surface area contributed by atoms with Gasteiger partial charge in [0.1, 0.15) is 5.92 Å². The maximum Gasteiger partial charge on any atom is 0.235 e. The molecule has 1 atom stereocenters. The quantitative estimate of drug-likeness (QED) is 0.785. The number of likely N-dealkylation sites (tertiary alicyclic amines) is 1. The normalized spacial score (nSPS) is 22.5. The highest BCUT2D eigenvalue weighted by Crippen LogP contribution is 2.23. The number of amides is 2. The molecule has 1 unspecified atom stereocenters. The summed E-state index contributed by atoms with van der Waals surface area (Å²) in [5, 5.41) is 0. The number of rotatable bonds is 4. The van der Waals surface area contributed by atoms with Crippen LogP contribution in [0.3, 0.4) is 0 Å². The van der Waals surface area contributed by atoms with Crippen molar-refractivity contribution in [2.45, 2.75) is 39.3 Å². The van der Waals surface area contributed by atoms with Crippen LogP contribution in [0, 0.1) is 5.92 Å². The van der Waals surface area contributed by atoms with Crippen LogP contribution in [0.5, 0.6) is 0 Å². The molecule has 2 aliphatic heterocycles. The molecule has 136 valence electrons. The van der Waals surface area contributed by atoms with Crippen LogP contribution < -0.4 is 0 Å². The van der Waals surface area contributed by atoms with E-state index in [0.29, 0.717) is 25.6 Å². The molecule has 1 aromatic rings.